The standard InChI is InChI=1S/C26H33N3O4/c30-25(26(15-2-3-16-26)21-7-11-23(12-8-21)29(31)32)27-22-9-13-24(14-10-22)33-20-6-19-28-17-4-1-5-18-28/h7-14H,1-6,15-20H2,(H,27,30). The van der Waals surface area contributed by atoms with E-state index in [2.05, 4.69) is 10.2 Å². The van der Waals surface area contributed by atoms with Crippen LogP contribution in [0.3, 0.4) is 0 Å². The fourth-order valence-electron chi connectivity index (χ4n) is 5.07. The molecular formula is C26H33N3O4. The van der Waals surface area contributed by atoms with Gasteiger partial charge in [0.05, 0.1) is 16.9 Å². The van der Waals surface area contributed by atoms with Crippen molar-refractivity contribution in [2.75, 3.05) is 31.6 Å². The third-order valence-corrected chi connectivity index (χ3v) is 6.97. The van der Waals surface area contributed by atoms with E-state index in [4.69, 9.17) is 4.74 Å². The molecule has 0 atom stereocenters. The molecule has 1 heterocycles. The topological polar surface area (TPSA) is 84.7 Å². The maximum Gasteiger partial charge on any atom is 0.269 e. The molecule has 2 aliphatic rings. The van der Waals surface area contributed by atoms with Crippen molar-refractivity contribution in [1.29, 1.82) is 0 Å². The van der Waals surface area contributed by atoms with Crippen LogP contribution in [0.1, 0.15) is 56.9 Å². The number of rotatable bonds is 9. The molecule has 4 rings (SSSR count). The van der Waals surface area contributed by atoms with Crippen LogP contribution in [0.25, 0.3) is 0 Å². The van der Waals surface area contributed by atoms with E-state index in [1.54, 1.807) is 12.1 Å². The van der Waals surface area contributed by atoms with Crippen molar-refractivity contribution in [2.24, 2.45) is 0 Å². The molecule has 7 heteroatoms. The Morgan fingerprint density at radius 3 is 2.27 bits per heavy atom. The van der Waals surface area contributed by atoms with E-state index in [1.807, 2.05) is 24.3 Å². The molecule has 0 radical (unpaired) electrons. The second-order valence-corrected chi connectivity index (χ2v) is 9.18. The summed E-state index contributed by atoms with van der Waals surface area (Å²) in [6, 6.07) is 14.0. The first kappa shape index (κ1) is 23.2. The summed E-state index contributed by atoms with van der Waals surface area (Å²) < 4.78 is 5.88. The van der Waals surface area contributed by atoms with Crippen LogP contribution in [0.2, 0.25) is 0 Å². The number of carbonyl (C=O) groups excluding carboxylic acids is 1. The van der Waals surface area contributed by atoms with Gasteiger partial charge in [0.1, 0.15) is 5.75 Å². The monoisotopic (exact) mass is 451 g/mol. The van der Waals surface area contributed by atoms with Crippen molar-refractivity contribution in [1.82, 2.24) is 4.90 Å². The summed E-state index contributed by atoms with van der Waals surface area (Å²) in [7, 11) is 0. The Balaban J connectivity index is 1.32. The van der Waals surface area contributed by atoms with Crippen molar-refractivity contribution >= 4 is 17.3 Å². The van der Waals surface area contributed by atoms with Gasteiger partial charge in [-0.1, -0.05) is 31.4 Å². The zero-order chi connectivity index (χ0) is 23.1. The minimum absolute atomic E-state index is 0.0406. The Hall–Kier alpha value is -2.93. The molecule has 7 nitrogen and oxygen atoms in total. The molecule has 1 saturated heterocycles. The predicted molar refractivity (Wildman–Crippen MR) is 129 cm³/mol. The third-order valence-electron chi connectivity index (χ3n) is 6.97. The minimum Gasteiger partial charge on any atom is -0.494 e. The zero-order valence-electron chi connectivity index (χ0n) is 19.1. The third kappa shape index (κ3) is 5.71. The van der Waals surface area contributed by atoms with E-state index in [9.17, 15) is 14.9 Å². The molecule has 1 aliphatic heterocycles. The Bertz CT molecular complexity index is 931. The second-order valence-electron chi connectivity index (χ2n) is 9.18. The summed E-state index contributed by atoms with van der Waals surface area (Å²) in [5, 5.41) is 14.0. The Kier molecular flexibility index (Phi) is 7.60. The maximum atomic E-state index is 13.3. The highest BCUT2D eigenvalue weighted by Crippen LogP contribution is 2.42. The first-order valence-corrected chi connectivity index (χ1v) is 12.1. The average Bonchev–Trinajstić information content (AvgIpc) is 3.35. The molecule has 0 unspecified atom stereocenters. The van der Waals surface area contributed by atoms with E-state index < -0.39 is 10.3 Å². The van der Waals surface area contributed by atoms with Crippen LogP contribution in [-0.2, 0) is 10.2 Å². The summed E-state index contributed by atoms with van der Waals surface area (Å²) in [5.41, 5.74) is 0.975. The van der Waals surface area contributed by atoms with Gasteiger partial charge in [0.15, 0.2) is 0 Å². The highest BCUT2D eigenvalue weighted by Gasteiger charge is 2.42. The summed E-state index contributed by atoms with van der Waals surface area (Å²) in [4.78, 5) is 26.4. The smallest absolute Gasteiger partial charge is 0.269 e. The van der Waals surface area contributed by atoms with E-state index >= 15 is 0 Å². The lowest BCUT2D eigenvalue weighted by Crippen LogP contribution is -2.37. The van der Waals surface area contributed by atoms with Crippen LogP contribution < -0.4 is 10.1 Å². The van der Waals surface area contributed by atoms with Crippen LogP contribution in [0, 0.1) is 10.1 Å². The van der Waals surface area contributed by atoms with E-state index in [0.29, 0.717) is 6.61 Å². The normalized spacial score (nSPS) is 18.1. The molecule has 2 aromatic carbocycles. The Labute approximate surface area is 195 Å². The van der Waals surface area contributed by atoms with Gasteiger partial charge >= 0.3 is 0 Å². The number of nitro benzene ring substituents is 1. The summed E-state index contributed by atoms with van der Waals surface area (Å²) in [6.07, 6.45) is 8.40. The van der Waals surface area contributed by atoms with Crippen LogP contribution in [0.15, 0.2) is 48.5 Å². The largest absolute Gasteiger partial charge is 0.494 e. The number of amides is 1. The molecule has 1 amide bonds. The number of benzene rings is 2. The molecular weight excluding hydrogens is 418 g/mol. The number of likely N-dealkylation sites (tertiary alicyclic amines) is 1. The van der Waals surface area contributed by atoms with Crippen molar-refractivity contribution in [3.63, 3.8) is 0 Å². The molecule has 0 bridgehead atoms. The fourth-order valence-corrected chi connectivity index (χ4v) is 5.07. The van der Waals surface area contributed by atoms with Crippen LogP contribution in [0.5, 0.6) is 5.75 Å². The number of nitrogens with zero attached hydrogens (tertiary/aromatic N) is 2. The lowest BCUT2D eigenvalue weighted by molar-refractivity contribution is -0.384. The molecule has 0 spiro atoms. The van der Waals surface area contributed by atoms with Gasteiger partial charge < -0.3 is 15.0 Å². The van der Waals surface area contributed by atoms with Crippen molar-refractivity contribution in [3.05, 3.63) is 64.2 Å². The van der Waals surface area contributed by atoms with E-state index in [1.165, 1.54) is 44.5 Å². The molecule has 1 N–H and O–H groups in total. The van der Waals surface area contributed by atoms with Gasteiger partial charge in [0.25, 0.3) is 5.69 Å². The SMILES string of the molecule is O=C(Nc1ccc(OCCCN2CCCCC2)cc1)C1(c2ccc([N+](=O)[O-])cc2)CCCC1. The molecule has 33 heavy (non-hydrogen) atoms. The number of piperidine rings is 1. The first-order valence-electron chi connectivity index (χ1n) is 12.1. The molecule has 1 aliphatic carbocycles. The summed E-state index contributed by atoms with van der Waals surface area (Å²) >= 11 is 0. The number of hydrogen-bond donors (Lipinski definition) is 1. The molecule has 176 valence electrons. The number of ether oxygens (including phenoxy) is 1. The number of nitro groups is 1. The Morgan fingerprint density at radius 1 is 0.970 bits per heavy atom. The van der Waals surface area contributed by atoms with Gasteiger partial charge in [-0.3, -0.25) is 14.9 Å². The number of hydrogen-bond acceptors (Lipinski definition) is 5. The lowest BCUT2D eigenvalue weighted by Gasteiger charge is -2.28. The van der Waals surface area contributed by atoms with Crippen molar-refractivity contribution in [3.8, 4) is 5.75 Å². The quantitative estimate of drug-likeness (QED) is 0.318. The number of carbonyl (C=O) groups is 1. The predicted octanol–water partition coefficient (Wildman–Crippen LogP) is 5.30. The van der Waals surface area contributed by atoms with Crippen molar-refractivity contribution in [2.45, 2.75) is 56.8 Å². The molecule has 1 saturated carbocycles. The number of non-ortho nitro benzene ring substituents is 1. The first-order chi connectivity index (χ1) is 16.1. The minimum atomic E-state index is -0.640. The maximum absolute atomic E-state index is 13.3. The van der Waals surface area contributed by atoms with Crippen LogP contribution in [0.4, 0.5) is 11.4 Å². The van der Waals surface area contributed by atoms with Gasteiger partial charge in [0.2, 0.25) is 5.91 Å². The summed E-state index contributed by atoms with van der Waals surface area (Å²) in [5.74, 6) is 0.752. The molecule has 2 aromatic rings. The highest BCUT2D eigenvalue weighted by molar-refractivity contribution is 5.99. The van der Waals surface area contributed by atoms with E-state index in [0.717, 1.165) is 55.6 Å². The zero-order valence-corrected chi connectivity index (χ0v) is 19.1. The average molecular weight is 452 g/mol. The second kappa shape index (κ2) is 10.8. The number of anilines is 1. The van der Waals surface area contributed by atoms with Crippen LogP contribution in [-0.4, -0.2) is 42.0 Å². The number of nitrogens with one attached hydrogen (secondary N) is 1. The van der Waals surface area contributed by atoms with Gasteiger partial charge in [-0.05, 0) is 75.0 Å². The Morgan fingerprint density at radius 2 is 1.64 bits per heavy atom. The van der Waals surface area contributed by atoms with Gasteiger partial charge in [-0.25, -0.2) is 0 Å². The van der Waals surface area contributed by atoms with Gasteiger partial charge in [-0.15, -0.1) is 0 Å². The highest BCUT2D eigenvalue weighted by atomic mass is 16.6. The van der Waals surface area contributed by atoms with Gasteiger partial charge in [-0.2, -0.15) is 0 Å². The van der Waals surface area contributed by atoms with Crippen molar-refractivity contribution < 1.29 is 14.5 Å². The molecule has 2 fully saturated rings. The van der Waals surface area contributed by atoms with Gasteiger partial charge in [0, 0.05) is 24.4 Å². The fraction of sp³-hybridized carbons (Fsp3) is 0.500. The lowest BCUT2D eigenvalue weighted by atomic mass is 9.78. The van der Waals surface area contributed by atoms with E-state index in [-0.39, 0.29) is 11.6 Å². The molecule has 0 aromatic heterocycles. The summed E-state index contributed by atoms with van der Waals surface area (Å²) in [6.45, 7) is 4.18. The van der Waals surface area contributed by atoms with Crippen LogP contribution >= 0.6 is 0 Å².